The third-order valence-corrected chi connectivity index (χ3v) is 7.10. The number of amides is 2. The summed E-state index contributed by atoms with van der Waals surface area (Å²) in [5.41, 5.74) is 0.608. The fourth-order valence-corrected chi connectivity index (χ4v) is 4.99. The minimum absolute atomic E-state index is 0.0326. The van der Waals surface area contributed by atoms with Crippen LogP contribution in [0.15, 0.2) is 35.5 Å². The molecule has 2 aliphatic carbocycles. The number of rotatable bonds is 10. The van der Waals surface area contributed by atoms with E-state index in [2.05, 4.69) is 25.4 Å². The number of benzene rings is 1. The van der Waals surface area contributed by atoms with Gasteiger partial charge in [0.15, 0.2) is 0 Å². The van der Waals surface area contributed by atoms with E-state index in [4.69, 9.17) is 0 Å². The second kappa shape index (κ2) is 10.8. The number of carbonyl (C=O) groups excluding carboxylic acids is 2. The fourth-order valence-electron chi connectivity index (χ4n) is 4.11. The highest BCUT2D eigenvalue weighted by atomic mass is 32.2. The van der Waals surface area contributed by atoms with Crippen molar-refractivity contribution >= 4 is 23.6 Å². The van der Waals surface area contributed by atoms with Gasteiger partial charge in [0.1, 0.15) is 12.2 Å². The lowest BCUT2D eigenvalue weighted by Gasteiger charge is -2.21. The Morgan fingerprint density at radius 1 is 1.06 bits per heavy atom. The molecule has 0 spiro atoms. The summed E-state index contributed by atoms with van der Waals surface area (Å²) in [5, 5.41) is 14.2. The topological polar surface area (TPSA) is 88.9 Å². The van der Waals surface area contributed by atoms with E-state index in [0.717, 1.165) is 17.3 Å². The lowest BCUT2D eigenvalue weighted by atomic mass is 9.89. The summed E-state index contributed by atoms with van der Waals surface area (Å²) in [6.07, 6.45) is 11.1. The molecule has 2 N–H and O–H groups in total. The van der Waals surface area contributed by atoms with Gasteiger partial charge in [-0.25, -0.2) is 0 Å². The molecule has 2 aromatic rings. The van der Waals surface area contributed by atoms with Gasteiger partial charge < -0.3 is 15.2 Å². The average molecular weight is 442 g/mol. The number of hydrogen-bond donors (Lipinski definition) is 2. The van der Waals surface area contributed by atoms with Crippen LogP contribution >= 0.6 is 11.8 Å². The Kier molecular flexibility index (Phi) is 7.61. The Balaban J connectivity index is 1.23. The van der Waals surface area contributed by atoms with E-state index in [1.54, 1.807) is 6.33 Å². The summed E-state index contributed by atoms with van der Waals surface area (Å²) in [4.78, 5) is 25.8. The molecule has 1 heterocycles. The van der Waals surface area contributed by atoms with Gasteiger partial charge in [-0.15, -0.1) is 22.0 Å². The first kappa shape index (κ1) is 21.9. The van der Waals surface area contributed by atoms with Crippen LogP contribution in [0.4, 0.5) is 0 Å². The Morgan fingerprint density at radius 2 is 1.87 bits per heavy atom. The molecule has 8 heteroatoms. The molecule has 1 aromatic heterocycles. The van der Waals surface area contributed by atoms with Gasteiger partial charge in [-0.3, -0.25) is 9.59 Å². The summed E-state index contributed by atoms with van der Waals surface area (Å²) < 4.78 is 2.11. The van der Waals surface area contributed by atoms with Gasteiger partial charge in [-0.2, -0.15) is 0 Å². The Morgan fingerprint density at radius 3 is 2.68 bits per heavy atom. The van der Waals surface area contributed by atoms with Gasteiger partial charge in [0.05, 0.1) is 11.3 Å². The quantitative estimate of drug-likeness (QED) is 0.552. The minimum atomic E-state index is -0.122. The largest absolute Gasteiger partial charge is 0.355 e. The molecule has 0 saturated heterocycles. The average Bonchev–Trinajstić information content (AvgIpc) is 3.55. The standard InChI is InChI=1S/C23H31N5O2S/c29-22(25-14-17-6-2-1-3-7-17)15-31-20-9-5-4-8-19(20)23(30)24-13-12-21-27-26-16-28(21)18-10-11-18/h4-5,8-9,16-18H,1-3,6-7,10-15H2,(H,24,30)(H,25,29). The molecular weight excluding hydrogens is 410 g/mol. The molecule has 0 unspecified atom stereocenters. The molecule has 2 saturated carbocycles. The molecule has 0 radical (unpaired) electrons. The molecular formula is C23H31N5O2S. The monoisotopic (exact) mass is 441 g/mol. The molecule has 2 fully saturated rings. The van der Waals surface area contributed by atoms with Crippen LogP contribution < -0.4 is 10.6 Å². The van der Waals surface area contributed by atoms with Crippen molar-refractivity contribution in [1.82, 2.24) is 25.4 Å². The van der Waals surface area contributed by atoms with Crippen molar-refractivity contribution in [2.24, 2.45) is 5.92 Å². The van der Waals surface area contributed by atoms with Crippen LogP contribution in [-0.2, 0) is 11.2 Å². The number of thioether (sulfide) groups is 1. The SMILES string of the molecule is O=C(CSc1ccccc1C(=O)NCCc1nncn1C1CC1)NCC1CCCCC1. The van der Waals surface area contributed by atoms with Crippen LogP contribution in [0.3, 0.4) is 0 Å². The zero-order valence-corrected chi connectivity index (χ0v) is 18.7. The highest BCUT2D eigenvalue weighted by Crippen LogP contribution is 2.35. The first-order valence-electron chi connectivity index (χ1n) is 11.4. The van der Waals surface area contributed by atoms with Crippen LogP contribution in [0.2, 0.25) is 0 Å². The highest BCUT2D eigenvalue weighted by molar-refractivity contribution is 8.00. The van der Waals surface area contributed by atoms with Crippen LogP contribution in [-0.4, -0.2) is 45.4 Å². The van der Waals surface area contributed by atoms with Crippen molar-refractivity contribution in [3.63, 3.8) is 0 Å². The van der Waals surface area contributed by atoms with E-state index in [-0.39, 0.29) is 11.8 Å². The number of nitrogens with one attached hydrogen (secondary N) is 2. The second-order valence-electron chi connectivity index (χ2n) is 8.48. The first-order chi connectivity index (χ1) is 15.2. The summed E-state index contributed by atoms with van der Waals surface area (Å²) in [7, 11) is 0. The number of aromatic nitrogens is 3. The van der Waals surface area contributed by atoms with Crippen LogP contribution in [0.5, 0.6) is 0 Å². The second-order valence-corrected chi connectivity index (χ2v) is 9.50. The van der Waals surface area contributed by atoms with E-state index in [1.165, 1.54) is 56.7 Å². The Labute approximate surface area is 187 Å². The van der Waals surface area contributed by atoms with Crippen molar-refractivity contribution in [1.29, 1.82) is 0 Å². The fraction of sp³-hybridized carbons (Fsp3) is 0.565. The van der Waals surface area contributed by atoms with Crippen molar-refractivity contribution in [3.05, 3.63) is 42.0 Å². The Bertz CT molecular complexity index is 890. The molecule has 2 aliphatic rings. The van der Waals surface area contributed by atoms with E-state index < -0.39 is 0 Å². The summed E-state index contributed by atoms with van der Waals surface area (Å²) >= 11 is 1.42. The maximum absolute atomic E-state index is 12.7. The summed E-state index contributed by atoms with van der Waals surface area (Å²) in [6.45, 7) is 1.28. The normalized spacial score (nSPS) is 16.8. The third kappa shape index (κ3) is 6.32. The lowest BCUT2D eigenvalue weighted by Crippen LogP contribution is -2.31. The zero-order valence-electron chi connectivity index (χ0n) is 17.9. The van der Waals surface area contributed by atoms with E-state index in [1.807, 2.05) is 24.3 Å². The van der Waals surface area contributed by atoms with Gasteiger partial charge >= 0.3 is 0 Å². The molecule has 0 bridgehead atoms. The Hall–Kier alpha value is -2.35. The van der Waals surface area contributed by atoms with Crippen molar-refractivity contribution < 1.29 is 9.59 Å². The van der Waals surface area contributed by atoms with Crippen molar-refractivity contribution in [3.8, 4) is 0 Å². The molecule has 4 rings (SSSR count). The minimum Gasteiger partial charge on any atom is -0.355 e. The van der Waals surface area contributed by atoms with Gasteiger partial charge in [0.2, 0.25) is 5.91 Å². The van der Waals surface area contributed by atoms with Crippen LogP contribution in [0, 0.1) is 5.92 Å². The zero-order chi connectivity index (χ0) is 21.5. The number of nitrogens with zero attached hydrogens (tertiary/aromatic N) is 3. The maximum Gasteiger partial charge on any atom is 0.252 e. The maximum atomic E-state index is 12.7. The van der Waals surface area contributed by atoms with Gasteiger partial charge in [0.25, 0.3) is 5.91 Å². The van der Waals surface area contributed by atoms with E-state index >= 15 is 0 Å². The van der Waals surface area contributed by atoms with Gasteiger partial charge in [0, 0.05) is 30.4 Å². The van der Waals surface area contributed by atoms with Gasteiger partial charge in [-0.1, -0.05) is 31.4 Å². The predicted octanol–water partition coefficient (Wildman–Crippen LogP) is 3.37. The first-order valence-corrected chi connectivity index (χ1v) is 12.3. The smallest absolute Gasteiger partial charge is 0.252 e. The molecule has 2 amide bonds. The molecule has 166 valence electrons. The molecule has 0 aliphatic heterocycles. The molecule has 31 heavy (non-hydrogen) atoms. The lowest BCUT2D eigenvalue weighted by molar-refractivity contribution is -0.118. The number of carbonyl (C=O) groups is 2. The molecule has 1 aromatic carbocycles. The van der Waals surface area contributed by atoms with Crippen LogP contribution in [0.25, 0.3) is 0 Å². The molecule has 0 atom stereocenters. The third-order valence-electron chi connectivity index (χ3n) is 6.02. The van der Waals surface area contributed by atoms with E-state index in [0.29, 0.717) is 36.2 Å². The van der Waals surface area contributed by atoms with Crippen molar-refractivity contribution in [2.45, 2.75) is 62.3 Å². The van der Waals surface area contributed by atoms with Crippen molar-refractivity contribution in [2.75, 3.05) is 18.8 Å². The molecule has 7 nitrogen and oxygen atoms in total. The summed E-state index contributed by atoms with van der Waals surface area (Å²) in [5.74, 6) is 1.77. The summed E-state index contributed by atoms with van der Waals surface area (Å²) in [6, 6.07) is 7.99. The highest BCUT2D eigenvalue weighted by Gasteiger charge is 2.25. The predicted molar refractivity (Wildman–Crippen MR) is 121 cm³/mol. The van der Waals surface area contributed by atoms with Crippen LogP contribution in [0.1, 0.15) is 67.2 Å². The van der Waals surface area contributed by atoms with Gasteiger partial charge in [-0.05, 0) is 43.7 Å². The van der Waals surface area contributed by atoms with E-state index in [9.17, 15) is 9.59 Å². The number of hydrogen-bond acceptors (Lipinski definition) is 5.